The number of nitrogens with zero attached hydrogens (tertiary/aromatic N) is 2. The lowest BCUT2D eigenvalue weighted by Crippen LogP contribution is -3.00. The molecule has 0 heterocycles. The maximum atomic E-state index is 12.0. The van der Waals surface area contributed by atoms with E-state index in [2.05, 4.69) is 34.3 Å². The van der Waals surface area contributed by atoms with Crippen LogP contribution in [-0.4, -0.2) is 48.6 Å². The lowest BCUT2D eigenvalue weighted by atomic mass is 10.0. The minimum Gasteiger partial charge on any atom is -1.00 e. The monoisotopic (exact) mass is 486 g/mol. The molecule has 0 aliphatic heterocycles. The summed E-state index contributed by atoms with van der Waals surface area (Å²) in [5.74, 6) is 0.680. The summed E-state index contributed by atoms with van der Waals surface area (Å²) in [6.07, 6.45) is 24.0. The number of quaternary nitrogens is 1. The van der Waals surface area contributed by atoms with Crippen molar-refractivity contribution in [1.82, 2.24) is 4.90 Å². The number of carbonyl (C=O) groups excluding carboxylic acids is 1. The lowest BCUT2D eigenvalue weighted by molar-refractivity contribution is -0.937. The zero-order valence-electron chi connectivity index (χ0n) is 23.2. The Morgan fingerprint density at radius 2 is 1.18 bits per heavy atom. The molecule has 0 aromatic heterocycles. The summed E-state index contributed by atoms with van der Waals surface area (Å²) >= 11 is 0. The highest BCUT2D eigenvalue weighted by Crippen LogP contribution is 2.17. The summed E-state index contributed by atoms with van der Waals surface area (Å²) < 4.78 is 1.02. The number of unbranched alkanes of at least 4 members (excludes halogenated alkanes) is 15. The van der Waals surface area contributed by atoms with E-state index in [9.17, 15) is 4.79 Å². The molecule has 0 aliphatic carbocycles. The van der Waals surface area contributed by atoms with E-state index < -0.39 is 0 Å². The number of hydrogen-bond donors (Lipinski definition) is 0. The fourth-order valence-electron chi connectivity index (χ4n) is 5.05. The van der Waals surface area contributed by atoms with Gasteiger partial charge < -0.3 is 16.9 Å². The van der Waals surface area contributed by atoms with Crippen LogP contribution in [0.25, 0.3) is 0 Å². The van der Waals surface area contributed by atoms with Gasteiger partial charge in [-0.25, -0.2) is 0 Å². The zero-order valence-corrected chi connectivity index (χ0v) is 23.9. The molecule has 0 aliphatic rings. The van der Waals surface area contributed by atoms with Crippen LogP contribution in [0.5, 0.6) is 0 Å². The zero-order chi connectivity index (χ0) is 24.1. The van der Waals surface area contributed by atoms with Crippen LogP contribution in [0.1, 0.15) is 130 Å². The average Bonchev–Trinajstić information content (AvgIpc) is 2.77. The molecule has 0 spiro atoms. The van der Waals surface area contributed by atoms with Gasteiger partial charge in [-0.3, -0.25) is 9.69 Å². The number of rotatable bonds is 23. The number of likely N-dealkylation sites (N-methyl/N-ethyl adjacent to an activating group) is 1. The highest BCUT2D eigenvalue weighted by molar-refractivity contribution is 5.86. The molecule has 3 nitrogen and oxygen atoms in total. The van der Waals surface area contributed by atoms with Gasteiger partial charge in [-0.2, -0.15) is 0 Å². The molecular formula is C29H59ClN2O. The third-order valence-electron chi connectivity index (χ3n) is 6.97. The Morgan fingerprint density at radius 3 is 1.52 bits per heavy atom. The summed E-state index contributed by atoms with van der Waals surface area (Å²) in [6.45, 7) is 17.0. The molecule has 0 saturated carbocycles. The van der Waals surface area contributed by atoms with E-state index in [1.807, 2.05) is 11.9 Å². The van der Waals surface area contributed by atoms with Crippen molar-refractivity contribution in [2.45, 2.75) is 130 Å². The van der Waals surface area contributed by atoms with Gasteiger partial charge in [0, 0.05) is 13.0 Å². The van der Waals surface area contributed by atoms with Gasteiger partial charge in [0.1, 0.15) is 0 Å². The van der Waals surface area contributed by atoms with E-state index in [4.69, 9.17) is 0 Å². The third kappa shape index (κ3) is 19.5. The standard InChI is InChI=1S/C29H59N2O.ClH/c1-7-10-11-12-13-14-15-16-17-18-19-20-21-22-23-24-25-31(9-3,26-28(4)5)27-30(6)29(32)8-2;/h8,28H,2,7,9-27H2,1,3-6H3;1H/q+1;/p-1. The van der Waals surface area contributed by atoms with Crippen molar-refractivity contribution in [2.24, 2.45) is 5.92 Å². The molecule has 0 N–H and O–H groups in total. The highest BCUT2D eigenvalue weighted by atomic mass is 35.5. The van der Waals surface area contributed by atoms with Crippen molar-refractivity contribution in [3.63, 3.8) is 0 Å². The predicted octanol–water partition coefficient (Wildman–Crippen LogP) is 5.35. The Bertz CT molecular complexity index is 455. The number of hydrogen-bond acceptors (Lipinski definition) is 1. The molecule has 1 atom stereocenters. The van der Waals surface area contributed by atoms with Gasteiger partial charge in [0.15, 0.2) is 6.67 Å². The number of halogens is 1. The van der Waals surface area contributed by atoms with Crippen LogP contribution >= 0.6 is 0 Å². The lowest BCUT2D eigenvalue weighted by Gasteiger charge is -2.41. The summed E-state index contributed by atoms with van der Waals surface area (Å²) in [5.41, 5.74) is 0. The summed E-state index contributed by atoms with van der Waals surface area (Å²) in [6, 6.07) is 0. The topological polar surface area (TPSA) is 20.3 Å². The van der Waals surface area contributed by atoms with Crippen molar-refractivity contribution >= 4 is 5.91 Å². The van der Waals surface area contributed by atoms with Gasteiger partial charge in [0.05, 0.1) is 19.6 Å². The van der Waals surface area contributed by atoms with E-state index in [1.165, 1.54) is 115 Å². The first kappa shape index (κ1) is 34.6. The van der Waals surface area contributed by atoms with Crippen molar-refractivity contribution < 1.29 is 21.7 Å². The number of amides is 1. The van der Waals surface area contributed by atoms with Crippen LogP contribution < -0.4 is 12.4 Å². The van der Waals surface area contributed by atoms with Crippen molar-refractivity contribution in [3.8, 4) is 0 Å². The second kappa shape index (κ2) is 23.2. The Kier molecular flexibility index (Phi) is 24.4. The van der Waals surface area contributed by atoms with Gasteiger partial charge in [0.25, 0.3) is 0 Å². The van der Waals surface area contributed by atoms with Crippen LogP contribution in [0.4, 0.5) is 0 Å². The minimum atomic E-state index is 0. The molecule has 4 heteroatoms. The molecule has 0 bridgehead atoms. The second-order valence-corrected chi connectivity index (χ2v) is 10.6. The molecule has 0 rings (SSSR count). The summed E-state index contributed by atoms with van der Waals surface area (Å²) in [4.78, 5) is 13.9. The largest absolute Gasteiger partial charge is 1.00 e. The van der Waals surface area contributed by atoms with E-state index in [1.54, 1.807) is 0 Å². The first-order chi connectivity index (χ1) is 15.4. The van der Waals surface area contributed by atoms with Crippen LogP contribution in [0.3, 0.4) is 0 Å². The number of carbonyl (C=O) groups is 1. The molecule has 0 aromatic rings. The Morgan fingerprint density at radius 1 is 0.788 bits per heavy atom. The third-order valence-corrected chi connectivity index (χ3v) is 6.97. The first-order valence-electron chi connectivity index (χ1n) is 14.1. The summed E-state index contributed by atoms with van der Waals surface area (Å²) in [7, 11) is 1.92. The maximum absolute atomic E-state index is 12.0. The minimum absolute atomic E-state index is 0. The molecule has 0 radical (unpaired) electrons. The fraction of sp³-hybridized carbons (Fsp3) is 0.897. The molecule has 0 fully saturated rings. The average molecular weight is 487 g/mol. The van der Waals surface area contributed by atoms with Gasteiger partial charge in [-0.05, 0) is 25.8 Å². The summed E-state index contributed by atoms with van der Waals surface area (Å²) in [5, 5.41) is 0. The van der Waals surface area contributed by atoms with Gasteiger partial charge in [-0.1, -0.05) is 117 Å². The molecule has 198 valence electrons. The van der Waals surface area contributed by atoms with E-state index in [-0.39, 0.29) is 18.3 Å². The molecule has 1 unspecified atom stereocenters. The van der Waals surface area contributed by atoms with Crippen molar-refractivity contribution in [1.29, 1.82) is 0 Å². The predicted molar refractivity (Wildman–Crippen MR) is 143 cm³/mol. The van der Waals surface area contributed by atoms with E-state index in [0.717, 1.165) is 24.2 Å². The van der Waals surface area contributed by atoms with Gasteiger partial charge in [-0.15, -0.1) is 0 Å². The molecule has 33 heavy (non-hydrogen) atoms. The van der Waals surface area contributed by atoms with Crippen LogP contribution in [0.15, 0.2) is 12.7 Å². The fourth-order valence-corrected chi connectivity index (χ4v) is 5.05. The van der Waals surface area contributed by atoms with Gasteiger partial charge in [0.2, 0.25) is 5.91 Å². The smallest absolute Gasteiger partial charge is 0.249 e. The Balaban J connectivity index is 0. The van der Waals surface area contributed by atoms with Crippen molar-refractivity contribution in [3.05, 3.63) is 12.7 Å². The Hall–Kier alpha value is -0.540. The highest BCUT2D eigenvalue weighted by Gasteiger charge is 2.28. The molecule has 0 saturated heterocycles. The SMILES string of the molecule is C=CC(=O)N(C)C[N+](CC)(CCCCCCCCCCCCCCCCCC)CC(C)C.[Cl-]. The molecular weight excluding hydrogens is 428 g/mol. The second-order valence-electron chi connectivity index (χ2n) is 10.6. The first-order valence-corrected chi connectivity index (χ1v) is 14.1. The quantitative estimate of drug-likeness (QED) is 0.0825. The van der Waals surface area contributed by atoms with Crippen LogP contribution in [-0.2, 0) is 4.79 Å². The van der Waals surface area contributed by atoms with Crippen molar-refractivity contribution in [2.75, 3.05) is 33.4 Å². The van der Waals surface area contributed by atoms with E-state index in [0.29, 0.717) is 5.92 Å². The van der Waals surface area contributed by atoms with Crippen LogP contribution in [0.2, 0.25) is 0 Å². The van der Waals surface area contributed by atoms with Gasteiger partial charge >= 0.3 is 0 Å². The molecule has 0 aromatic carbocycles. The van der Waals surface area contributed by atoms with E-state index >= 15 is 0 Å². The molecule has 1 amide bonds. The van der Waals surface area contributed by atoms with Crippen LogP contribution in [0, 0.1) is 5.92 Å². The normalized spacial score (nSPS) is 12.9. The Labute approximate surface area is 214 Å². The maximum Gasteiger partial charge on any atom is 0.249 e.